The molecule has 1 heterocycles. The molecule has 0 radical (unpaired) electrons. The smallest absolute Gasteiger partial charge is 0.417 e. The Kier molecular flexibility index (Phi) is 5.24. The van der Waals surface area contributed by atoms with Crippen molar-refractivity contribution in [1.82, 2.24) is 4.90 Å². The third-order valence-electron chi connectivity index (χ3n) is 3.50. The molecule has 0 aromatic heterocycles. The molecule has 1 saturated heterocycles. The van der Waals surface area contributed by atoms with Crippen molar-refractivity contribution in [3.8, 4) is 0 Å². The highest BCUT2D eigenvalue weighted by Crippen LogP contribution is 2.24. The van der Waals surface area contributed by atoms with Crippen molar-refractivity contribution >= 4 is 33.7 Å². The zero-order valence-electron chi connectivity index (χ0n) is 13.5. The first kappa shape index (κ1) is 17.7. The van der Waals surface area contributed by atoms with Crippen LogP contribution in [0.1, 0.15) is 44.0 Å². The first-order valence-corrected chi connectivity index (χ1v) is 8.32. The van der Waals surface area contributed by atoms with Crippen molar-refractivity contribution in [1.29, 1.82) is 0 Å². The van der Waals surface area contributed by atoms with Crippen molar-refractivity contribution in [3.63, 3.8) is 0 Å². The van der Waals surface area contributed by atoms with Crippen LogP contribution in [0.3, 0.4) is 0 Å². The van der Waals surface area contributed by atoms with E-state index in [-0.39, 0.29) is 12.3 Å². The molecule has 1 fully saturated rings. The molecule has 0 N–H and O–H groups in total. The van der Waals surface area contributed by atoms with Crippen LogP contribution in [0.15, 0.2) is 28.7 Å². The molecule has 0 aliphatic carbocycles. The molecule has 23 heavy (non-hydrogen) atoms. The molecule has 0 bridgehead atoms. The second kappa shape index (κ2) is 6.83. The van der Waals surface area contributed by atoms with E-state index in [4.69, 9.17) is 4.74 Å². The fourth-order valence-electron chi connectivity index (χ4n) is 2.43. The molecule has 6 heteroatoms. The number of benzene rings is 1. The fourth-order valence-corrected chi connectivity index (χ4v) is 2.70. The largest absolute Gasteiger partial charge is 0.443 e. The van der Waals surface area contributed by atoms with E-state index in [1.165, 1.54) is 0 Å². The molecule has 1 aromatic carbocycles. The van der Waals surface area contributed by atoms with E-state index in [1.807, 2.05) is 0 Å². The minimum Gasteiger partial charge on any atom is -0.443 e. The maximum absolute atomic E-state index is 12.6. The van der Waals surface area contributed by atoms with Crippen molar-refractivity contribution < 1.29 is 19.1 Å². The molecule has 1 atom stereocenters. The number of hydrogen-bond donors (Lipinski definition) is 0. The molecule has 5 nitrogen and oxygen atoms in total. The van der Waals surface area contributed by atoms with Crippen LogP contribution in [0.4, 0.5) is 4.79 Å². The highest BCUT2D eigenvalue weighted by atomic mass is 79.9. The summed E-state index contributed by atoms with van der Waals surface area (Å²) in [4.78, 5) is 38.3. The fraction of sp³-hybridized carbons (Fsp3) is 0.471. The number of carbonyl (C=O) groups is 3. The number of ketones is 1. The van der Waals surface area contributed by atoms with E-state index in [9.17, 15) is 14.4 Å². The predicted octanol–water partition coefficient (Wildman–Crippen LogP) is 3.81. The number of Topliss-reactive ketones (excluding diaryl/α,β-unsaturated/α-hetero) is 1. The third kappa shape index (κ3) is 4.41. The second-order valence-electron chi connectivity index (χ2n) is 6.54. The number of halogens is 1. The Balaban J connectivity index is 2.14. The van der Waals surface area contributed by atoms with Gasteiger partial charge in [-0.15, -0.1) is 0 Å². The van der Waals surface area contributed by atoms with Gasteiger partial charge in [0.25, 0.3) is 0 Å². The molecule has 2 amide bonds. The summed E-state index contributed by atoms with van der Waals surface area (Å²) in [5, 5.41) is 0. The first-order valence-electron chi connectivity index (χ1n) is 7.53. The third-order valence-corrected chi connectivity index (χ3v) is 4.03. The Labute approximate surface area is 144 Å². The molecule has 1 aromatic rings. The maximum atomic E-state index is 12.6. The lowest BCUT2D eigenvalue weighted by molar-refractivity contribution is -0.135. The zero-order valence-corrected chi connectivity index (χ0v) is 15.1. The van der Waals surface area contributed by atoms with Gasteiger partial charge in [-0.25, -0.2) is 9.69 Å². The van der Waals surface area contributed by atoms with E-state index >= 15 is 0 Å². The first-order chi connectivity index (χ1) is 10.7. The van der Waals surface area contributed by atoms with Gasteiger partial charge in [-0.3, -0.25) is 9.59 Å². The number of rotatable bonds is 2. The highest BCUT2D eigenvalue weighted by molar-refractivity contribution is 9.10. The molecule has 0 spiro atoms. The van der Waals surface area contributed by atoms with E-state index in [1.54, 1.807) is 45.0 Å². The Morgan fingerprint density at radius 1 is 1.22 bits per heavy atom. The van der Waals surface area contributed by atoms with Gasteiger partial charge in [0.05, 0.1) is 0 Å². The van der Waals surface area contributed by atoms with E-state index < -0.39 is 23.5 Å². The summed E-state index contributed by atoms with van der Waals surface area (Å²) >= 11 is 3.31. The summed E-state index contributed by atoms with van der Waals surface area (Å²) in [6, 6.07) is 6.86. The van der Waals surface area contributed by atoms with E-state index in [0.29, 0.717) is 18.4 Å². The average molecular weight is 382 g/mol. The van der Waals surface area contributed by atoms with Gasteiger partial charge in [0.15, 0.2) is 5.78 Å². The van der Waals surface area contributed by atoms with Crippen LogP contribution in [0.2, 0.25) is 0 Å². The number of piperidine rings is 1. The zero-order chi connectivity index (χ0) is 17.2. The van der Waals surface area contributed by atoms with Crippen LogP contribution in [0.5, 0.6) is 0 Å². The van der Waals surface area contributed by atoms with Crippen molar-refractivity contribution in [3.05, 3.63) is 34.3 Å². The van der Waals surface area contributed by atoms with Crippen molar-refractivity contribution in [2.45, 2.75) is 39.2 Å². The Hall–Kier alpha value is -1.69. The normalized spacial score (nSPS) is 18.7. The SMILES string of the molecule is CC(C)(C)OC(=O)N1CCC[C@@H](C(=O)c2ccc(Br)cc2)C1=O. The molecular formula is C17H20BrNO4. The van der Waals surface area contributed by atoms with Gasteiger partial charge in [-0.1, -0.05) is 28.1 Å². The van der Waals surface area contributed by atoms with Crippen molar-refractivity contribution in [2.75, 3.05) is 6.54 Å². The molecule has 2 rings (SSSR count). The molecular weight excluding hydrogens is 362 g/mol. The number of likely N-dealkylation sites (tertiary alicyclic amines) is 1. The number of hydrogen-bond acceptors (Lipinski definition) is 4. The van der Waals surface area contributed by atoms with Crippen molar-refractivity contribution in [2.24, 2.45) is 5.92 Å². The van der Waals surface area contributed by atoms with Gasteiger partial charge >= 0.3 is 6.09 Å². The molecule has 124 valence electrons. The van der Waals surface area contributed by atoms with E-state index in [2.05, 4.69) is 15.9 Å². The van der Waals surface area contributed by atoms with Gasteiger partial charge < -0.3 is 4.74 Å². The van der Waals surface area contributed by atoms with Crippen LogP contribution in [-0.4, -0.2) is 34.8 Å². The number of imide groups is 1. The number of ether oxygens (including phenoxy) is 1. The summed E-state index contributed by atoms with van der Waals surface area (Å²) in [6.45, 7) is 5.51. The van der Waals surface area contributed by atoms with Crippen LogP contribution in [0.25, 0.3) is 0 Å². The minimum absolute atomic E-state index is 0.254. The van der Waals surface area contributed by atoms with Crippen LogP contribution in [-0.2, 0) is 9.53 Å². The van der Waals surface area contributed by atoms with Crippen LogP contribution < -0.4 is 0 Å². The summed E-state index contributed by atoms with van der Waals surface area (Å²) in [5.41, 5.74) is -0.211. The summed E-state index contributed by atoms with van der Waals surface area (Å²) in [7, 11) is 0. The lowest BCUT2D eigenvalue weighted by Gasteiger charge is -2.31. The molecule has 0 unspecified atom stereocenters. The maximum Gasteiger partial charge on any atom is 0.417 e. The van der Waals surface area contributed by atoms with Gasteiger partial charge in [0, 0.05) is 16.6 Å². The lowest BCUT2D eigenvalue weighted by atomic mass is 9.89. The number of nitrogens with zero attached hydrogens (tertiary/aromatic N) is 1. The van der Waals surface area contributed by atoms with Gasteiger partial charge in [-0.05, 0) is 45.7 Å². The highest BCUT2D eigenvalue weighted by Gasteiger charge is 2.39. The van der Waals surface area contributed by atoms with Crippen LogP contribution >= 0.6 is 15.9 Å². The predicted molar refractivity (Wildman–Crippen MR) is 89.1 cm³/mol. The van der Waals surface area contributed by atoms with Gasteiger partial charge in [0.2, 0.25) is 5.91 Å². The van der Waals surface area contributed by atoms with Gasteiger partial charge in [0.1, 0.15) is 11.5 Å². The lowest BCUT2D eigenvalue weighted by Crippen LogP contribution is -2.49. The topological polar surface area (TPSA) is 63.7 Å². The van der Waals surface area contributed by atoms with E-state index in [0.717, 1.165) is 9.37 Å². The monoisotopic (exact) mass is 381 g/mol. The Bertz CT molecular complexity index is 618. The quantitative estimate of drug-likeness (QED) is 0.577. The standard InChI is InChI=1S/C17H20BrNO4/c1-17(2,3)23-16(22)19-10-4-5-13(15(19)21)14(20)11-6-8-12(18)9-7-11/h6-9,13H,4-5,10H2,1-3H3/t13-/m0/s1. The van der Waals surface area contributed by atoms with Gasteiger partial charge in [-0.2, -0.15) is 0 Å². The summed E-state index contributed by atoms with van der Waals surface area (Å²) in [6.07, 6.45) is 0.362. The minimum atomic E-state index is -0.822. The molecule has 1 aliphatic heterocycles. The molecule has 1 aliphatic rings. The number of carbonyl (C=O) groups excluding carboxylic acids is 3. The average Bonchev–Trinajstić information content (AvgIpc) is 2.45. The Morgan fingerprint density at radius 2 is 1.83 bits per heavy atom. The summed E-state index contributed by atoms with van der Waals surface area (Å²) in [5.74, 6) is -1.55. The summed E-state index contributed by atoms with van der Waals surface area (Å²) < 4.78 is 6.11. The Morgan fingerprint density at radius 3 is 2.39 bits per heavy atom. The second-order valence-corrected chi connectivity index (χ2v) is 7.45. The number of amides is 2. The van der Waals surface area contributed by atoms with Crippen LogP contribution in [0, 0.1) is 5.92 Å². The molecule has 0 saturated carbocycles.